The molecule has 1 unspecified atom stereocenters. The van der Waals surface area contributed by atoms with Crippen LogP contribution in [0.3, 0.4) is 0 Å². The number of hydrogen-bond acceptors (Lipinski definition) is 5. The lowest BCUT2D eigenvalue weighted by molar-refractivity contribution is -0.137. The maximum atomic E-state index is 13.3. The van der Waals surface area contributed by atoms with Crippen LogP contribution in [-0.2, 0) is 23.2 Å². The molecule has 6 nitrogen and oxygen atoms in total. The third-order valence-electron chi connectivity index (χ3n) is 6.76. The number of piperidine rings is 1. The van der Waals surface area contributed by atoms with E-state index in [2.05, 4.69) is 51.0 Å². The number of aromatic nitrogens is 3. The lowest BCUT2D eigenvalue weighted by atomic mass is 9.70. The molecule has 1 atom stereocenters. The van der Waals surface area contributed by atoms with Gasteiger partial charge >= 0.3 is 0 Å². The molecule has 0 radical (unpaired) electrons. The standard InChI is InChI=1S/C23H27N5OS/c1-24-22-26-20(16-30-22)23(18-5-3-2-4-6-18)9-13-27(14-10-23)21(29)17-8-12-28-19(15-17)7-11-25-28/h2-7,11,16-17H,8-10,12-15H2,1H3,(H,24,26). The number of nitrogens with zero attached hydrogens (tertiary/aromatic N) is 4. The summed E-state index contributed by atoms with van der Waals surface area (Å²) in [5, 5.41) is 10.6. The van der Waals surface area contributed by atoms with E-state index in [1.807, 2.05) is 24.0 Å². The highest BCUT2D eigenvalue weighted by Crippen LogP contribution is 2.43. The van der Waals surface area contributed by atoms with Gasteiger partial charge in [-0.1, -0.05) is 30.3 Å². The molecule has 2 aliphatic heterocycles. The molecule has 0 aliphatic carbocycles. The number of thiazole rings is 1. The second kappa shape index (κ2) is 7.87. The largest absolute Gasteiger partial charge is 0.365 e. The number of carbonyl (C=O) groups is 1. The number of nitrogens with one attached hydrogen (secondary N) is 1. The fourth-order valence-corrected chi connectivity index (χ4v) is 5.77. The highest BCUT2D eigenvalue weighted by molar-refractivity contribution is 7.13. The molecule has 5 rings (SSSR count). The molecule has 3 aromatic rings. The van der Waals surface area contributed by atoms with Gasteiger partial charge in [0.05, 0.1) is 5.69 Å². The van der Waals surface area contributed by atoms with E-state index >= 15 is 0 Å². The van der Waals surface area contributed by atoms with Gasteiger partial charge in [-0.15, -0.1) is 11.3 Å². The zero-order valence-corrected chi connectivity index (χ0v) is 18.1. The average Bonchev–Trinajstić information content (AvgIpc) is 3.48. The molecule has 0 spiro atoms. The predicted octanol–water partition coefficient (Wildman–Crippen LogP) is 3.55. The van der Waals surface area contributed by atoms with Crippen LogP contribution in [0.25, 0.3) is 0 Å². The third-order valence-corrected chi connectivity index (χ3v) is 7.62. The van der Waals surface area contributed by atoms with Crippen LogP contribution in [0.5, 0.6) is 0 Å². The van der Waals surface area contributed by atoms with Gasteiger partial charge in [0, 0.05) is 61.7 Å². The smallest absolute Gasteiger partial charge is 0.226 e. The Morgan fingerprint density at radius 2 is 1.97 bits per heavy atom. The van der Waals surface area contributed by atoms with Crippen LogP contribution >= 0.6 is 11.3 Å². The van der Waals surface area contributed by atoms with Crippen LogP contribution in [-0.4, -0.2) is 45.7 Å². The van der Waals surface area contributed by atoms with Crippen molar-refractivity contribution in [1.29, 1.82) is 0 Å². The Balaban J connectivity index is 1.36. The van der Waals surface area contributed by atoms with Crippen LogP contribution in [0.1, 0.15) is 36.2 Å². The van der Waals surface area contributed by atoms with Crippen molar-refractivity contribution in [2.24, 2.45) is 5.92 Å². The fraction of sp³-hybridized carbons (Fsp3) is 0.435. The minimum atomic E-state index is -0.130. The normalized spacial score (nSPS) is 20.6. The Labute approximate surface area is 180 Å². The number of likely N-dealkylation sites (tertiary alicyclic amines) is 1. The molecule has 7 heteroatoms. The highest BCUT2D eigenvalue weighted by atomic mass is 32.1. The summed E-state index contributed by atoms with van der Waals surface area (Å²) in [6.07, 6.45) is 5.33. The zero-order valence-electron chi connectivity index (χ0n) is 17.3. The molecule has 1 N–H and O–H groups in total. The van der Waals surface area contributed by atoms with Crippen LogP contribution in [0.4, 0.5) is 5.13 Å². The fourth-order valence-electron chi connectivity index (χ4n) is 5.00. The summed E-state index contributed by atoms with van der Waals surface area (Å²) in [6, 6.07) is 12.7. The molecule has 1 amide bonds. The van der Waals surface area contributed by atoms with E-state index in [4.69, 9.17) is 4.98 Å². The quantitative estimate of drug-likeness (QED) is 0.700. The molecule has 4 heterocycles. The number of carbonyl (C=O) groups excluding carboxylic acids is 1. The molecule has 156 valence electrons. The molecule has 2 aliphatic rings. The van der Waals surface area contributed by atoms with Crippen LogP contribution in [0.15, 0.2) is 48.0 Å². The van der Waals surface area contributed by atoms with Gasteiger partial charge in [0.2, 0.25) is 5.91 Å². The van der Waals surface area contributed by atoms with Gasteiger partial charge in [0.25, 0.3) is 0 Å². The summed E-state index contributed by atoms with van der Waals surface area (Å²) in [5.41, 5.74) is 3.47. The van der Waals surface area contributed by atoms with E-state index in [-0.39, 0.29) is 11.3 Å². The van der Waals surface area contributed by atoms with Gasteiger partial charge in [-0.05, 0) is 30.9 Å². The lowest BCUT2D eigenvalue weighted by Crippen LogP contribution is -2.48. The van der Waals surface area contributed by atoms with E-state index in [0.717, 1.165) is 56.1 Å². The molecule has 1 fully saturated rings. The summed E-state index contributed by atoms with van der Waals surface area (Å²) in [6.45, 7) is 2.39. The summed E-state index contributed by atoms with van der Waals surface area (Å²) in [4.78, 5) is 20.3. The second-order valence-corrected chi connectivity index (χ2v) is 9.15. The number of rotatable bonds is 4. The molecule has 1 saturated heterocycles. The second-order valence-electron chi connectivity index (χ2n) is 8.30. The molecular formula is C23H27N5OS. The first-order valence-corrected chi connectivity index (χ1v) is 11.6. The number of benzene rings is 1. The summed E-state index contributed by atoms with van der Waals surface area (Å²) in [7, 11) is 1.91. The molecule has 0 bridgehead atoms. The minimum absolute atomic E-state index is 0.0774. The minimum Gasteiger partial charge on any atom is -0.365 e. The number of fused-ring (bicyclic) bond motifs is 1. The first-order valence-electron chi connectivity index (χ1n) is 10.7. The van der Waals surface area contributed by atoms with Crippen molar-refractivity contribution in [3.05, 3.63) is 64.9 Å². The highest BCUT2D eigenvalue weighted by Gasteiger charge is 2.42. The topological polar surface area (TPSA) is 63.1 Å². The SMILES string of the molecule is CNc1nc(C2(c3ccccc3)CCN(C(=O)C3CCn4nccc4C3)CC2)cs1. The average molecular weight is 422 g/mol. The van der Waals surface area contributed by atoms with E-state index in [1.165, 1.54) is 11.3 Å². The van der Waals surface area contributed by atoms with Gasteiger partial charge in [-0.2, -0.15) is 5.10 Å². The van der Waals surface area contributed by atoms with Crippen molar-refractivity contribution in [3.8, 4) is 0 Å². The van der Waals surface area contributed by atoms with Crippen molar-refractivity contribution in [3.63, 3.8) is 0 Å². The van der Waals surface area contributed by atoms with Crippen molar-refractivity contribution < 1.29 is 4.79 Å². The number of amides is 1. The van der Waals surface area contributed by atoms with Crippen LogP contribution < -0.4 is 5.32 Å². The van der Waals surface area contributed by atoms with E-state index in [1.54, 1.807) is 11.3 Å². The molecule has 2 aromatic heterocycles. The van der Waals surface area contributed by atoms with Crippen LogP contribution in [0.2, 0.25) is 0 Å². The number of aryl methyl sites for hydroxylation is 1. The summed E-state index contributed by atoms with van der Waals surface area (Å²) >= 11 is 1.65. The summed E-state index contributed by atoms with van der Waals surface area (Å²) < 4.78 is 2.03. The zero-order chi connectivity index (χ0) is 20.6. The lowest BCUT2D eigenvalue weighted by Gasteiger charge is -2.42. The van der Waals surface area contributed by atoms with Crippen molar-refractivity contribution in [1.82, 2.24) is 19.7 Å². The summed E-state index contributed by atoms with van der Waals surface area (Å²) in [5.74, 6) is 0.381. The Kier molecular flexibility index (Phi) is 5.06. The van der Waals surface area contributed by atoms with E-state index < -0.39 is 0 Å². The van der Waals surface area contributed by atoms with E-state index in [0.29, 0.717) is 5.91 Å². The number of anilines is 1. The number of hydrogen-bond donors (Lipinski definition) is 1. The van der Waals surface area contributed by atoms with E-state index in [9.17, 15) is 4.79 Å². The van der Waals surface area contributed by atoms with Gasteiger partial charge in [-0.25, -0.2) is 4.98 Å². The molecule has 0 saturated carbocycles. The van der Waals surface area contributed by atoms with Gasteiger partial charge in [0.1, 0.15) is 0 Å². The Bertz CT molecular complexity index is 1020. The van der Waals surface area contributed by atoms with Crippen molar-refractivity contribution >= 4 is 22.4 Å². The third kappa shape index (κ3) is 3.31. The van der Waals surface area contributed by atoms with Crippen molar-refractivity contribution in [2.75, 3.05) is 25.5 Å². The predicted molar refractivity (Wildman–Crippen MR) is 119 cm³/mol. The Morgan fingerprint density at radius 3 is 2.70 bits per heavy atom. The molecular weight excluding hydrogens is 394 g/mol. The van der Waals surface area contributed by atoms with Gasteiger partial charge < -0.3 is 10.2 Å². The maximum Gasteiger partial charge on any atom is 0.226 e. The maximum absolute atomic E-state index is 13.3. The monoisotopic (exact) mass is 421 g/mol. The Hall–Kier alpha value is -2.67. The molecule has 1 aromatic carbocycles. The van der Waals surface area contributed by atoms with Crippen LogP contribution in [0, 0.1) is 5.92 Å². The first kappa shape index (κ1) is 19.3. The van der Waals surface area contributed by atoms with Crippen molar-refractivity contribution in [2.45, 2.75) is 37.6 Å². The van der Waals surface area contributed by atoms with Gasteiger partial charge in [0.15, 0.2) is 5.13 Å². The first-order chi connectivity index (χ1) is 14.7. The van der Waals surface area contributed by atoms with Gasteiger partial charge in [-0.3, -0.25) is 9.48 Å². The Morgan fingerprint density at radius 1 is 1.17 bits per heavy atom. The molecule has 30 heavy (non-hydrogen) atoms.